The maximum Gasteiger partial charge on any atom is 0.301 e. The van der Waals surface area contributed by atoms with Gasteiger partial charge in [0.05, 0.1) is 11.6 Å². The quantitative estimate of drug-likeness (QED) is 0.0501. The lowest BCUT2D eigenvalue weighted by Crippen LogP contribution is -2.29. The van der Waals surface area contributed by atoms with E-state index in [1.165, 1.54) is 44.3 Å². The first-order valence-electron chi connectivity index (χ1n) is 16.4. The molecule has 9 heteroatoms. The number of thioether (sulfide) groups is 1. The van der Waals surface area contributed by atoms with E-state index in [2.05, 4.69) is 48.3 Å². The molecule has 7 nitrogen and oxygen atoms in total. The monoisotopic (exact) mass is 697 g/mol. The van der Waals surface area contributed by atoms with Gasteiger partial charge in [-0.3, -0.25) is 14.5 Å². The van der Waals surface area contributed by atoms with Crippen molar-refractivity contribution in [2.45, 2.75) is 49.4 Å². The SMILES string of the molecule is Cc1ccccc1COc1ccc(/C(O)=C2\C(=O)C(=O)N(c3nnc(SCc4cccc5ccccc45)s3)C2c2ccc(C(C)C)cc2)cc1. The van der Waals surface area contributed by atoms with Crippen LogP contribution in [0.5, 0.6) is 5.75 Å². The van der Waals surface area contributed by atoms with Gasteiger partial charge in [-0.1, -0.05) is 128 Å². The van der Waals surface area contributed by atoms with Crippen LogP contribution in [0.25, 0.3) is 16.5 Å². The van der Waals surface area contributed by atoms with Crippen LogP contribution in [-0.4, -0.2) is 27.0 Å². The Kier molecular flexibility index (Phi) is 9.52. The van der Waals surface area contributed by atoms with Gasteiger partial charge in [0.2, 0.25) is 5.13 Å². The van der Waals surface area contributed by atoms with Crippen molar-refractivity contribution in [1.82, 2.24) is 10.2 Å². The van der Waals surface area contributed by atoms with E-state index in [0.717, 1.165) is 16.7 Å². The minimum atomic E-state index is -0.892. The zero-order valence-corrected chi connectivity index (χ0v) is 29.5. The molecule has 5 aromatic carbocycles. The molecule has 0 bridgehead atoms. The molecule has 0 saturated carbocycles. The van der Waals surface area contributed by atoms with Gasteiger partial charge in [0, 0.05) is 11.3 Å². The summed E-state index contributed by atoms with van der Waals surface area (Å²) in [5.41, 5.74) is 5.60. The molecule has 7 rings (SSSR count). The summed E-state index contributed by atoms with van der Waals surface area (Å²) in [5, 5.41) is 23.1. The zero-order valence-electron chi connectivity index (χ0n) is 27.9. The summed E-state index contributed by atoms with van der Waals surface area (Å²) < 4.78 is 6.67. The Bertz CT molecular complexity index is 2220. The highest BCUT2D eigenvalue weighted by atomic mass is 32.2. The Balaban J connectivity index is 1.19. The largest absolute Gasteiger partial charge is 0.507 e. The summed E-state index contributed by atoms with van der Waals surface area (Å²) in [5.74, 6) is -0.214. The van der Waals surface area contributed by atoms with E-state index >= 15 is 0 Å². The number of aliphatic hydroxyl groups excluding tert-OH is 1. The standard InChI is InChI=1S/C41H35N3O4S2/c1-25(2)27-15-17-29(18-16-27)36-35(37(45)30-19-21-33(22-20-30)48-23-31-11-5-4-9-26(31)3)38(46)39(47)44(36)40-42-43-41(50-40)49-24-32-13-8-12-28-10-6-7-14-34(28)32/h4-22,25,36,45H,23-24H2,1-3H3/b37-35+. The zero-order chi connectivity index (χ0) is 34.8. The summed E-state index contributed by atoms with van der Waals surface area (Å²) >= 11 is 2.79. The summed E-state index contributed by atoms with van der Waals surface area (Å²) in [6.07, 6.45) is 0. The third-order valence-electron chi connectivity index (χ3n) is 8.98. The molecule has 6 aromatic rings. The number of rotatable bonds is 10. The van der Waals surface area contributed by atoms with Crippen LogP contribution in [0.1, 0.15) is 59.2 Å². The van der Waals surface area contributed by atoms with E-state index in [4.69, 9.17) is 4.74 Å². The number of ketones is 1. The van der Waals surface area contributed by atoms with Crippen molar-refractivity contribution in [2.75, 3.05) is 4.90 Å². The third-order valence-corrected chi connectivity index (χ3v) is 11.1. The number of aliphatic hydroxyl groups is 1. The molecule has 0 radical (unpaired) electrons. The molecule has 1 atom stereocenters. The summed E-state index contributed by atoms with van der Waals surface area (Å²) in [6.45, 7) is 6.65. The van der Waals surface area contributed by atoms with Crippen LogP contribution in [0.15, 0.2) is 125 Å². The Labute approximate surface area is 299 Å². The molecule has 2 heterocycles. The molecule has 1 aromatic heterocycles. The first kappa shape index (κ1) is 33.3. The molecular weight excluding hydrogens is 663 g/mol. The maximum atomic E-state index is 13.8. The van der Waals surface area contributed by atoms with Crippen LogP contribution in [0.4, 0.5) is 5.13 Å². The molecule has 0 spiro atoms. The number of fused-ring (bicyclic) bond motifs is 1. The Morgan fingerprint density at radius 3 is 2.32 bits per heavy atom. The van der Waals surface area contributed by atoms with E-state index in [1.54, 1.807) is 24.3 Å². The highest BCUT2D eigenvalue weighted by Gasteiger charge is 2.48. The lowest BCUT2D eigenvalue weighted by molar-refractivity contribution is -0.132. The van der Waals surface area contributed by atoms with Crippen molar-refractivity contribution in [3.8, 4) is 5.75 Å². The number of amides is 1. The van der Waals surface area contributed by atoms with Gasteiger partial charge in [0.15, 0.2) is 4.34 Å². The van der Waals surface area contributed by atoms with E-state index in [-0.39, 0.29) is 11.3 Å². The number of aromatic nitrogens is 2. The van der Waals surface area contributed by atoms with E-state index in [9.17, 15) is 14.7 Å². The van der Waals surface area contributed by atoms with Crippen molar-refractivity contribution in [2.24, 2.45) is 0 Å². The molecule has 1 aliphatic rings. The number of anilines is 1. The van der Waals surface area contributed by atoms with Gasteiger partial charge in [-0.25, -0.2) is 0 Å². The van der Waals surface area contributed by atoms with Crippen LogP contribution >= 0.6 is 23.1 Å². The van der Waals surface area contributed by atoms with Crippen LogP contribution < -0.4 is 9.64 Å². The van der Waals surface area contributed by atoms with Crippen molar-refractivity contribution < 1.29 is 19.4 Å². The molecule has 1 saturated heterocycles. The molecule has 1 unspecified atom stereocenters. The maximum absolute atomic E-state index is 13.8. The van der Waals surface area contributed by atoms with Crippen LogP contribution in [0, 0.1) is 6.92 Å². The lowest BCUT2D eigenvalue weighted by Gasteiger charge is -2.23. The third kappa shape index (κ3) is 6.66. The smallest absolute Gasteiger partial charge is 0.301 e. The lowest BCUT2D eigenvalue weighted by atomic mass is 9.93. The fraction of sp³-hybridized carbons (Fsp3) is 0.171. The Hall–Kier alpha value is -5.25. The second-order valence-corrected chi connectivity index (χ2v) is 14.7. The highest BCUT2D eigenvalue weighted by Crippen LogP contribution is 2.44. The minimum Gasteiger partial charge on any atom is -0.507 e. The van der Waals surface area contributed by atoms with E-state index in [0.29, 0.717) is 44.6 Å². The number of nitrogens with zero attached hydrogens (tertiary/aromatic N) is 3. The first-order chi connectivity index (χ1) is 24.3. The molecule has 50 heavy (non-hydrogen) atoms. The van der Waals surface area contributed by atoms with Crippen molar-refractivity contribution in [1.29, 1.82) is 0 Å². The van der Waals surface area contributed by atoms with Gasteiger partial charge in [0.1, 0.15) is 18.1 Å². The van der Waals surface area contributed by atoms with Crippen LogP contribution in [0.3, 0.4) is 0 Å². The first-order valence-corrected chi connectivity index (χ1v) is 18.2. The molecule has 1 amide bonds. The average molecular weight is 698 g/mol. The predicted molar refractivity (Wildman–Crippen MR) is 201 cm³/mol. The van der Waals surface area contributed by atoms with Crippen molar-refractivity contribution in [3.63, 3.8) is 0 Å². The summed E-state index contributed by atoms with van der Waals surface area (Å²) in [4.78, 5) is 28.9. The van der Waals surface area contributed by atoms with Crippen molar-refractivity contribution >= 4 is 56.5 Å². The van der Waals surface area contributed by atoms with Gasteiger partial charge >= 0.3 is 5.91 Å². The molecule has 1 aliphatic heterocycles. The fourth-order valence-corrected chi connectivity index (χ4v) is 7.99. The minimum absolute atomic E-state index is 0.000957. The van der Waals surface area contributed by atoms with Gasteiger partial charge in [-0.2, -0.15) is 0 Å². The van der Waals surface area contributed by atoms with Crippen molar-refractivity contribution in [3.05, 3.63) is 154 Å². The average Bonchev–Trinajstić information content (AvgIpc) is 3.71. The molecular formula is C41H35N3O4S2. The number of ether oxygens (including phenoxy) is 1. The number of carbonyl (C=O) groups excluding carboxylic acids is 2. The highest BCUT2D eigenvalue weighted by molar-refractivity contribution is 8.00. The normalized spacial score (nSPS) is 15.7. The predicted octanol–water partition coefficient (Wildman–Crippen LogP) is 9.62. The van der Waals surface area contributed by atoms with Gasteiger partial charge in [-0.05, 0) is 75.7 Å². The van der Waals surface area contributed by atoms with E-state index in [1.807, 2.05) is 73.7 Å². The second kappa shape index (κ2) is 14.3. The fourth-order valence-electron chi connectivity index (χ4n) is 6.12. The van der Waals surface area contributed by atoms with Crippen LogP contribution in [-0.2, 0) is 21.9 Å². The second-order valence-electron chi connectivity index (χ2n) is 12.5. The molecule has 1 N–H and O–H groups in total. The number of carbonyl (C=O) groups is 2. The van der Waals surface area contributed by atoms with Gasteiger partial charge < -0.3 is 9.84 Å². The number of benzene rings is 5. The van der Waals surface area contributed by atoms with Gasteiger partial charge in [-0.15, -0.1) is 10.2 Å². The number of aryl methyl sites for hydroxylation is 1. The number of Topliss-reactive ketones (excluding diaryl/α,β-unsaturated/α-hetero) is 1. The molecule has 250 valence electrons. The molecule has 1 fully saturated rings. The summed E-state index contributed by atoms with van der Waals surface area (Å²) in [7, 11) is 0. The molecule has 0 aliphatic carbocycles. The van der Waals surface area contributed by atoms with E-state index < -0.39 is 17.7 Å². The topological polar surface area (TPSA) is 92.6 Å². The number of hydrogen-bond donors (Lipinski definition) is 1. The van der Waals surface area contributed by atoms with Crippen LogP contribution in [0.2, 0.25) is 0 Å². The summed E-state index contributed by atoms with van der Waals surface area (Å²) in [6, 6.07) is 36.3. The number of hydrogen-bond acceptors (Lipinski definition) is 8. The van der Waals surface area contributed by atoms with Gasteiger partial charge in [0.25, 0.3) is 5.78 Å². The Morgan fingerprint density at radius 1 is 0.860 bits per heavy atom. The Morgan fingerprint density at radius 2 is 1.56 bits per heavy atom.